The Morgan fingerprint density at radius 3 is 2.62 bits per heavy atom. The molecule has 0 heterocycles. The van der Waals surface area contributed by atoms with Gasteiger partial charge in [0.25, 0.3) is 0 Å². The second-order valence-corrected chi connectivity index (χ2v) is 4.21. The van der Waals surface area contributed by atoms with E-state index in [1.807, 2.05) is 23.6 Å². The molecule has 0 bridgehead atoms. The fourth-order valence-electron chi connectivity index (χ4n) is 1.07. The molecule has 4 heteroatoms. The van der Waals surface area contributed by atoms with E-state index >= 15 is 0 Å². The van der Waals surface area contributed by atoms with Crippen molar-refractivity contribution in [2.24, 2.45) is 0 Å². The number of likely N-dealkylation sites (N-methyl/N-ethyl adjacent to an activating group) is 1. The van der Waals surface area contributed by atoms with Gasteiger partial charge in [0.05, 0.1) is 6.54 Å². The molecule has 0 aromatic rings. The first-order valence-electron chi connectivity index (χ1n) is 4.72. The fourth-order valence-corrected chi connectivity index (χ4v) is 1.70. The van der Waals surface area contributed by atoms with Crippen molar-refractivity contribution in [3.05, 3.63) is 0 Å². The van der Waals surface area contributed by atoms with E-state index in [1.165, 1.54) is 0 Å². The van der Waals surface area contributed by atoms with Gasteiger partial charge in [-0.05, 0) is 31.0 Å². The Morgan fingerprint density at radius 1 is 1.46 bits per heavy atom. The maximum Gasteiger partial charge on any atom is 0.317 e. The molecule has 0 radical (unpaired) electrons. The summed E-state index contributed by atoms with van der Waals surface area (Å²) in [5, 5.41) is 8.57. The molecule has 0 aromatic carbocycles. The lowest BCUT2D eigenvalue weighted by Crippen LogP contribution is -2.30. The molecule has 0 unspecified atom stereocenters. The topological polar surface area (TPSA) is 40.5 Å². The molecule has 0 aliphatic heterocycles. The first-order valence-corrected chi connectivity index (χ1v) is 5.88. The summed E-state index contributed by atoms with van der Waals surface area (Å²) in [6.45, 7) is 6.03. The van der Waals surface area contributed by atoms with Crippen molar-refractivity contribution in [2.75, 3.05) is 31.1 Å². The summed E-state index contributed by atoms with van der Waals surface area (Å²) < 4.78 is 0. The van der Waals surface area contributed by atoms with Crippen LogP contribution in [-0.4, -0.2) is 47.1 Å². The molecule has 0 rings (SSSR count). The first-order chi connectivity index (χ1) is 6.20. The van der Waals surface area contributed by atoms with Crippen LogP contribution in [0, 0.1) is 0 Å². The predicted octanol–water partition coefficient (Wildman–Crippen LogP) is 1.54. The van der Waals surface area contributed by atoms with E-state index in [4.69, 9.17) is 5.11 Å². The highest BCUT2D eigenvalue weighted by molar-refractivity contribution is 7.99. The highest BCUT2D eigenvalue weighted by Gasteiger charge is 2.05. The Kier molecular flexibility index (Phi) is 8.24. The highest BCUT2D eigenvalue weighted by atomic mass is 32.2. The summed E-state index contributed by atoms with van der Waals surface area (Å²) in [4.78, 5) is 12.4. The van der Waals surface area contributed by atoms with Gasteiger partial charge in [-0.1, -0.05) is 13.8 Å². The van der Waals surface area contributed by atoms with Gasteiger partial charge in [-0.15, -0.1) is 0 Å². The maximum atomic E-state index is 10.4. The van der Waals surface area contributed by atoms with Crippen LogP contribution in [0.25, 0.3) is 0 Å². The lowest BCUT2D eigenvalue weighted by molar-refractivity contribution is -0.138. The Morgan fingerprint density at radius 2 is 2.15 bits per heavy atom. The van der Waals surface area contributed by atoms with Crippen molar-refractivity contribution >= 4 is 17.7 Å². The number of hydrogen-bond donors (Lipinski definition) is 1. The Balaban J connectivity index is 3.42. The molecule has 78 valence electrons. The van der Waals surface area contributed by atoms with Gasteiger partial charge in [0.2, 0.25) is 0 Å². The third-order valence-electron chi connectivity index (χ3n) is 1.77. The van der Waals surface area contributed by atoms with Crippen LogP contribution in [0.15, 0.2) is 0 Å². The quantitative estimate of drug-likeness (QED) is 0.610. The number of aliphatic carboxylic acids is 1. The number of thioether (sulfide) groups is 1. The molecule has 0 aliphatic rings. The van der Waals surface area contributed by atoms with Crippen molar-refractivity contribution in [1.29, 1.82) is 0 Å². The van der Waals surface area contributed by atoms with Gasteiger partial charge < -0.3 is 5.11 Å². The van der Waals surface area contributed by atoms with Gasteiger partial charge in [-0.25, -0.2) is 0 Å². The fraction of sp³-hybridized carbons (Fsp3) is 0.889. The molecule has 0 atom stereocenters. The second kappa shape index (κ2) is 8.38. The lowest BCUT2D eigenvalue weighted by Gasteiger charge is -2.17. The van der Waals surface area contributed by atoms with Crippen LogP contribution in [0.4, 0.5) is 0 Å². The normalized spacial score (nSPS) is 10.7. The zero-order chi connectivity index (χ0) is 10.1. The molecule has 1 N–H and O–H groups in total. The van der Waals surface area contributed by atoms with Gasteiger partial charge >= 0.3 is 5.97 Å². The molecular formula is C9H19NO2S. The summed E-state index contributed by atoms with van der Waals surface area (Å²) >= 11 is 1.91. The third-order valence-corrected chi connectivity index (χ3v) is 2.76. The molecule has 0 saturated carbocycles. The largest absolute Gasteiger partial charge is 0.480 e. The number of rotatable bonds is 8. The van der Waals surface area contributed by atoms with Crippen molar-refractivity contribution in [1.82, 2.24) is 4.90 Å². The van der Waals surface area contributed by atoms with Crippen LogP contribution in [0.1, 0.15) is 20.3 Å². The van der Waals surface area contributed by atoms with Crippen LogP contribution < -0.4 is 0 Å². The molecule has 3 nitrogen and oxygen atoms in total. The van der Waals surface area contributed by atoms with E-state index in [0.29, 0.717) is 0 Å². The number of carboxylic acids is 1. The monoisotopic (exact) mass is 205 g/mol. The summed E-state index contributed by atoms with van der Waals surface area (Å²) in [5.41, 5.74) is 0. The van der Waals surface area contributed by atoms with Crippen LogP contribution >= 0.6 is 11.8 Å². The van der Waals surface area contributed by atoms with Gasteiger partial charge in [-0.2, -0.15) is 11.8 Å². The average Bonchev–Trinajstić information content (AvgIpc) is 2.09. The van der Waals surface area contributed by atoms with Gasteiger partial charge in [0.1, 0.15) is 0 Å². The minimum absolute atomic E-state index is 0.174. The zero-order valence-electron chi connectivity index (χ0n) is 8.45. The Hall–Kier alpha value is -0.220. The van der Waals surface area contributed by atoms with E-state index in [0.717, 1.165) is 31.0 Å². The smallest absolute Gasteiger partial charge is 0.317 e. The predicted molar refractivity (Wildman–Crippen MR) is 57.4 cm³/mol. The minimum Gasteiger partial charge on any atom is -0.480 e. The molecule has 13 heavy (non-hydrogen) atoms. The maximum absolute atomic E-state index is 10.4. The summed E-state index contributed by atoms with van der Waals surface area (Å²) in [7, 11) is 0. The summed E-state index contributed by atoms with van der Waals surface area (Å²) in [6.07, 6.45) is 1.08. The molecule has 0 amide bonds. The molecule has 0 aliphatic carbocycles. The van der Waals surface area contributed by atoms with Crippen LogP contribution in [0.3, 0.4) is 0 Å². The zero-order valence-corrected chi connectivity index (χ0v) is 9.27. The minimum atomic E-state index is -0.731. The highest BCUT2D eigenvalue weighted by Crippen LogP contribution is 2.02. The summed E-state index contributed by atoms with van der Waals surface area (Å²) in [6, 6.07) is 0. The molecule has 0 saturated heterocycles. The number of hydrogen-bond acceptors (Lipinski definition) is 3. The van der Waals surface area contributed by atoms with Crippen molar-refractivity contribution in [3.63, 3.8) is 0 Å². The summed E-state index contributed by atoms with van der Waals surface area (Å²) in [5.74, 6) is 1.54. The van der Waals surface area contributed by atoms with Crippen molar-refractivity contribution in [3.8, 4) is 0 Å². The van der Waals surface area contributed by atoms with E-state index < -0.39 is 5.97 Å². The number of carboxylic acid groups (broad SMARTS) is 1. The van der Waals surface area contributed by atoms with Gasteiger partial charge in [-0.3, -0.25) is 9.69 Å². The molecule has 0 spiro atoms. The van der Waals surface area contributed by atoms with E-state index in [-0.39, 0.29) is 6.54 Å². The van der Waals surface area contributed by atoms with Crippen LogP contribution in [-0.2, 0) is 4.79 Å². The first kappa shape index (κ1) is 12.8. The van der Waals surface area contributed by atoms with Crippen LogP contribution in [0.5, 0.6) is 0 Å². The molecular weight excluding hydrogens is 186 g/mol. The third kappa shape index (κ3) is 8.12. The Labute approximate surface area is 84.5 Å². The van der Waals surface area contributed by atoms with E-state index in [1.54, 1.807) is 0 Å². The number of nitrogens with zero attached hydrogens (tertiary/aromatic N) is 1. The van der Waals surface area contributed by atoms with E-state index in [9.17, 15) is 4.79 Å². The number of carbonyl (C=O) groups is 1. The van der Waals surface area contributed by atoms with Crippen molar-refractivity contribution in [2.45, 2.75) is 20.3 Å². The lowest BCUT2D eigenvalue weighted by atomic mass is 10.4. The Bertz CT molecular complexity index is 142. The average molecular weight is 205 g/mol. The standard InChI is InChI=1S/C9H19NO2S/c1-3-10(8-9(11)12)6-5-7-13-4-2/h3-8H2,1-2H3,(H,11,12). The SMILES string of the molecule is CCSCCCN(CC)CC(=O)O. The van der Waals surface area contributed by atoms with E-state index in [2.05, 4.69) is 6.92 Å². The molecule has 0 aromatic heterocycles. The van der Waals surface area contributed by atoms with Crippen LogP contribution in [0.2, 0.25) is 0 Å². The molecule has 0 fully saturated rings. The second-order valence-electron chi connectivity index (χ2n) is 2.81. The van der Waals surface area contributed by atoms with Gasteiger partial charge in [0.15, 0.2) is 0 Å². The van der Waals surface area contributed by atoms with Gasteiger partial charge in [0, 0.05) is 0 Å². The van der Waals surface area contributed by atoms with Crippen molar-refractivity contribution < 1.29 is 9.90 Å².